The van der Waals surface area contributed by atoms with E-state index in [1.54, 1.807) is 30.3 Å². The quantitative estimate of drug-likeness (QED) is 0.119. The Hall–Kier alpha value is -5.82. The third-order valence-electron chi connectivity index (χ3n) is 8.35. The van der Waals surface area contributed by atoms with Gasteiger partial charge in [0.2, 0.25) is 11.0 Å². The highest BCUT2D eigenvalue weighted by Crippen LogP contribution is 2.38. The second kappa shape index (κ2) is 13.4. The molecule has 0 aliphatic carbocycles. The fourth-order valence-electron chi connectivity index (χ4n) is 5.85. The molecule has 1 aromatic heterocycles. The zero-order valence-electron chi connectivity index (χ0n) is 26.9. The Labute approximate surface area is 282 Å². The molecule has 5 aromatic rings. The van der Waals surface area contributed by atoms with Gasteiger partial charge in [-0.3, -0.25) is 14.4 Å². The number of rotatable bonds is 10. The summed E-state index contributed by atoms with van der Waals surface area (Å²) in [6.07, 6.45) is -0.0513. The number of aromatic nitrogens is 1. The first kappa shape index (κ1) is 33.1. The largest absolute Gasteiger partial charge is 0.497 e. The van der Waals surface area contributed by atoms with Crippen molar-refractivity contribution in [1.82, 2.24) is 5.06 Å². The van der Waals surface area contributed by atoms with Crippen LogP contribution in [0.15, 0.2) is 95.9 Å². The Morgan fingerprint density at radius 1 is 0.816 bits per heavy atom. The summed E-state index contributed by atoms with van der Waals surface area (Å²) in [4.78, 5) is 55.5. The Morgan fingerprint density at radius 3 is 1.98 bits per heavy atom. The van der Waals surface area contributed by atoms with E-state index < -0.39 is 33.7 Å². The molecular formula is C36H32N3O9S+. The number of fused-ring (bicyclic) bond motifs is 2. The number of hydrogen-bond donors (Lipinski definition) is 0. The van der Waals surface area contributed by atoms with E-state index >= 15 is 0 Å². The molecule has 0 saturated carbocycles. The van der Waals surface area contributed by atoms with E-state index in [2.05, 4.69) is 0 Å². The van der Waals surface area contributed by atoms with E-state index in [9.17, 15) is 27.6 Å². The van der Waals surface area contributed by atoms with Crippen molar-refractivity contribution in [1.29, 1.82) is 0 Å². The molecule has 49 heavy (non-hydrogen) atoms. The van der Waals surface area contributed by atoms with Gasteiger partial charge in [0.25, 0.3) is 27.7 Å². The number of ether oxygens (including phenoxy) is 2. The Balaban J connectivity index is 1.40. The normalized spacial score (nSPS) is 13.2. The Kier molecular flexibility index (Phi) is 9.02. The van der Waals surface area contributed by atoms with Crippen LogP contribution in [0.4, 0.5) is 5.69 Å². The van der Waals surface area contributed by atoms with Crippen molar-refractivity contribution in [2.75, 3.05) is 18.5 Å². The number of amides is 3. The van der Waals surface area contributed by atoms with Crippen LogP contribution in [-0.4, -0.2) is 51.4 Å². The van der Waals surface area contributed by atoms with Gasteiger partial charge < -0.3 is 14.3 Å². The van der Waals surface area contributed by atoms with Gasteiger partial charge in [-0.25, -0.2) is 13.2 Å². The van der Waals surface area contributed by atoms with Crippen LogP contribution in [0.2, 0.25) is 0 Å². The summed E-state index contributed by atoms with van der Waals surface area (Å²) in [6.45, 7) is 0. The van der Waals surface area contributed by atoms with Gasteiger partial charge in [-0.1, -0.05) is 36.4 Å². The first-order valence-corrected chi connectivity index (χ1v) is 16.8. The molecule has 13 heteroatoms. The van der Waals surface area contributed by atoms with E-state index in [4.69, 9.17) is 14.3 Å². The number of hydroxylamine groups is 2. The third kappa shape index (κ3) is 6.16. The fraction of sp³-hybridized carbons (Fsp3) is 0.194. The van der Waals surface area contributed by atoms with Gasteiger partial charge in [0.05, 0.1) is 41.9 Å². The van der Waals surface area contributed by atoms with Crippen molar-refractivity contribution in [3.8, 4) is 11.5 Å². The molecule has 4 aromatic carbocycles. The van der Waals surface area contributed by atoms with Gasteiger partial charge in [-0.15, -0.1) is 5.06 Å². The summed E-state index contributed by atoms with van der Waals surface area (Å²) in [6, 6.07) is 24.8. The summed E-state index contributed by atoms with van der Waals surface area (Å²) in [7, 11) is 0.120. The van der Waals surface area contributed by atoms with Crippen LogP contribution in [0.5, 0.6) is 11.5 Å². The Bertz CT molecular complexity index is 2180. The highest BCUT2D eigenvalue weighted by molar-refractivity contribution is 7.93. The molecule has 0 N–H and O–H groups in total. The van der Waals surface area contributed by atoms with Crippen molar-refractivity contribution in [3.05, 3.63) is 102 Å². The van der Waals surface area contributed by atoms with Gasteiger partial charge in [-0.2, -0.15) is 8.87 Å². The molecule has 0 radical (unpaired) electrons. The molecule has 12 nitrogen and oxygen atoms in total. The van der Waals surface area contributed by atoms with Crippen LogP contribution >= 0.6 is 0 Å². The van der Waals surface area contributed by atoms with Crippen LogP contribution in [0.25, 0.3) is 21.8 Å². The number of benzene rings is 4. The van der Waals surface area contributed by atoms with Crippen LogP contribution in [0.3, 0.4) is 0 Å². The minimum absolute atomic E-state index is 0.0146. The first-order chi connectivity index (χ1) is 23.5. The number of sulfonamides is 1. The lowest BCUT2D eigenvalue weighted by molar-refractivity contribution is -0.617. The number of carbonyl (C=O) groups is 4. The molecule has 1 aliphatic rings. The maximum absolute atomic E-state index is 14.9. The molecule has 2 heterocycles. The van der Waals surface area contributed by atoms with E-state index in [-0.39, 0.29) is 47.6 Å². The number of para-hydroxylation sites is 2. The van der Waals surface area contributed by atoms with Crippen molar-refractivity contribution < 1.29 is 46.5 Å². The number of anilines is 1. The van der Waals surface area contributed by atoms with Gasteiger partial charge in [0.1, 0.15) is 24.2 Å². The van der Waals surface area contributed by atoms with Gasteiger partial charge in [0.15, 0.2) is 0 Å². The maximum Gasteiger partial charge on any atom is 0.333 e. The monoisotopic (exact) mass is 682 g/mol. The molecule has 0 bridgehead atoms. The Morgan fingerprint density at radius 2 is 1.41 bits per heavy atom. The summed E-state index contributed by atoms with van der Waals surface area (Å²) in [5, 5.41) is 1.60. The van der Waals surface area contributed by atoms with E-state index in [1.807, 2.05) is 35.9 Å². The lowest BCUT2D eigenvalue weighted by atomic mass is 10.0. The highest BCUT2D eigenvalue weighted by atomic mass is 32.2. The summed E-state index contributed by atoms with van der Waals surface area (Å²) in [5.41, 5.74) is 2.21. The molecule has 250 valence electrons. The number of carbonyl (C=O) groups excluding carboxylic acids is 4. The molecular weight excluding hydrogens is 650 g/mol. The minimum Gasteiger partial charge on any atom is -0.497 e. The molecule has 0 spiro atoms. The van der Waals surface area contributed by atoms with Crippen molar-refractivity contribution in [2.45, 2.75) is 30.6 Å². The zero-order chi connectivity index (χ0) is 34.9. The van der Waals surface area contributed by atoms with Crippen LogP contribution in [-0.2, 0) is 42.7 Å². The number of pyridine rings is 1. The van der Waals surface area contributed by atoms with Crippen LogP contribution in [0.1, 0.15) is 35.2 Å². The summed E-state index contributed by atoms with van der Waals surface area (Å²) < 4.78 is 42.8. The number of methoxy groups -OCH3 is 2. The standard InChI is InChI=1S/C36H32N3O9S/c1-37-28-10-6-4-8-26(28)35(27-9-5-7-11-29(27)37)36(43)39(30-18-15-24(46-2)22-31(30)47-3)49(44,45)25-16-12-23(13-17-25)14-21-34(42)48-38-32(40)19-20-33(38)41/h4-13,15-18,22H,14,19-21H2,1-3H3/q+1. The second-order valence-corrected chi connectivity index (χ2v) is 13.1. The molecule has 0 unspecified atom stereocenters. The van der Waals surface area contributed by atoms with Crippen molar-refractivity contribution >= 4 is 61.2 Å². The van der Waals surface area contributed by atoms with E-state index in [0.29, 0.717) is 27.1 Å². The van der Waals surface area contributed by atoms with Gasteiger partial charge in [-0.05, 0) is 48.4 Å². The number of nitrogens with zero attached hydrogens (tertiary/aromatic N) is 3. The van der Waals surface area contributed by atoms with Gasteiger partial charge in [0, 0.05) is 31.0 Å². The molecule has 6 rings (SSSR count). The third-order valence-corrected chi connectivity index (χ3v) is 10.1. The highest BCUT2D eigenvalue weighted by Gasteiger charge is 2.37. The molecule has 0 atom stereocenters. The fourth-order valence-corrected chi connectivity index (χ4v) is 7.26. The van der Waals surface area contributed by atoms with Crippen LogP contribution in [0, 0.1) is 0 Å². The minimum atomic E-state index is -4.59. The maximum atomic E-state index is 14.9. The smallest absolute Gasteiger partial charge is 0.333 e. The van der Waals surface area contributed by atoms with Gasteiger partial charge >= 0.3 is 5.97 Å². The SMILES string of the molecule is COc1ccc(N(C(=O)c2c3ccccc3[n+](C)c3ccccc23)S(=O)(=O)c2ccc(CCC(=O)ON3C(=O)CCC3=O)cc2)c(OC)c1. The van der Waals surface area contributed by atoms with Crippen molar-refractivity contribution in [3.63, 3.8) is 0 Å². The molecule has 1 saturated heterocycles. The predicted molar refractivity (Wildman–Crippen MR) is 178 cm³/mol. The molecule has 1 fully saturated rings. The van der Waals surface area contributed by atoms with E-state index in [0.717, 1.165) is 15.3 Å². The first-order valence-electron chi connectivity index (χ1n) is 15.3. The zero-order valence-corrected chi connectivity index (χ0v) is 27.7. The second-order valence-electron chi connectivity index (χ2n) is 11.3. The number of imide groups is 1. The predicted octanol–water partition coefficient (Wildman–Crippen LogP) is 4.41. The average Bonchev–Trinajstić information content (AvgIpc) is 3.43. The van der Waals surface area contributed by atoms with Crippen LogP contribution < -0.4 is 18.3 Å². The lowest BCUT2D eigenvalue weighted by Crippen LogP contribution is -2.39. The van der Waals surface area contributed by atoms with Crippen molar-refractivity contribution in [2.24, 2.45) is 7.05 Å². The molecule has 3 amide bonds. The number of hydrogen-bond acceptors (Lipinski definition) is 9. The van der Waals surface area contributed by atoms with E-state index in [1.165, 1.54) is 50.6 Å². The average molecular weight is 683 g/mol. The lowest BCUT2D eigenvalue weighted by Gasteiger charge is -2.25. The topological polar surface area (TPSA) is 140 Å². The summed E-state index contributed by atoms with van der Waals surface area (Å²) in [5.74, 6) is -2.24. The molecule has 1 aliphatic heterocycles. The number of aryl methyl sites for hydroxylation is 2. The summed E-state index contributed by atoms with van der Waals surface area (Å²) >= 11 is 0.